The van der Waals surface area contributed by atoms with Gasteiger partial charge < -0.3 is 15.5 Å². The second-order valence-electron chi connectivity index (χ2n) is 9.68. The summed E-state index contributed by atoms with van der Waals surface area (Å²) in [4.78, 5) is 27.5. The number of hydrogen-bond donors (Lipinski definition) is 1. The Morgan fingerprint density at radius 2 is 1.80 bits per heavy atom. The van der Waals surface area contributed by atoms with E-state index >= 15 is 0 Å². The summed E-state index contributed by atoms with van der Waals surface area (Å²) in [5.41, 5.74) is 8.83. The van der Waals surface area contributed by atoms with Crippen molar-refractivity contribution in [3.8, 4) is 11.3 Å². The molecular weight excluding hydrogens is 380 g/mol. The molecule has 1 aromatic heterocycles. The number of primary amides is 1. The Balaban J connectivity index is 1.35. The lowest BCUT2D eigenvalue weighted by molar-refractivity contribution is -0.121. The summed E-state index contributed by atoms with van der Waals surface area (Å²) in [5.74, 6) is -0.180. The number of hydrogen-bond acceptors (Lipinski definition) is 4. The van der Waals surface area contributed by atoms with E-state index in [2.05, 4.69) is 55.3 Å². The Bertz CT molecular complexity index is 924. The fourth-order valence-corrected chi connectivity index (χ4v) is 4.19. The molecule has 1 aromatic carbocycles. The van der Waals surface area contributed by atoms with E-state index in [1.807, 2.05) is 9.58 Å². The molecule has 4 rings (SSSR count). The fourth-order valence-electron chi connectivity index (χ4n) is 4.19. The second-order valence-corrected chi connectivity index (χ2v) is 9.68. The van der Waals surface area contributed by atoms with Gasteiger partial charge in [-0.1, -0.05) is 50.3 Å². The highest BCUT2D eigenvalue weighted by molar-refractivity contribution is 5.80. The van der Waals surface area contributed by atoms with Crippen LogP contribution in [0.1, 0.15) is 38.7 Å². The largest absolute Gasteiger partial charge is 0.369 e. The Kier molecular flexibility index (Phi) is 5.26. The topological polar surface area (TPSA) is 97.3 Å². The molecule has 0 unspecified atom stereocenters. The van der Waals surface area contributed by atoms with E-state index in [-0.39, 0.29) is 23.3 Å². The van der Waals surface area contributed by atoms with E-state index in [0.717, 1.165) is 17.8 Å². The number of urea groups is 1. The predicted molar refractivity (Wildman–Crippen MR) is 113 cm³/mol. The second kappa shape index (κ2) is 7.74. The molecule has 30 heavy (non-hydrogen) atoms. The van der Waals surface area contributed by atoms with Gasteiger partial charge in [0, 0.05) is 44.2 Å². The number of amides is 3. The predicted octanol–water partition coefficient (Wildman–Crippen LogP) is 2.32. The minimum Gasteiger partial charge on any atom is -0.369 e. The standard InChI is InChI=1S/C22H30N6O2/c1-22(2,3)14-28-19(10-24-25-28)16-6-4-15(5-7-16)18-12-27(13-18)21(30)26-9-8-17(11-26)20(23)29/h4-7,10,17-18H,8-9,11-14H2,1-3H3,(H2,23,29)/t17-/m0/s1. The zero-order valence-corrected chi connectivity index (χ0v) is 17.9. The lowest BCUT2D eigenvalue weighted by Gasteiger charge is -2.41. The zero-order valence-electron chi connectivity index (χ0n) is 17.9. The third-order valence-electron chi connectivity index (χ3n) is 5.93. The molecule has 0 saturated carbocycles. The van der Waals surface area contributed by atoms with Crippen molar-refractivity contribution in [2.45, 2.75) is 39.7 Å². The van der Waals surface area contributed by atoms with Crippen LogP contribution in [-0.2, 0) is 11.3 Å². The fraction of sp³-hybridized carbons (Fsp3) is 0.545. The van der Waals surface area contributed by atoms with Crippen LogP contribution >= 0.6 is 0 Å². The number of carbonyl (C=O) groups is 2. The summed E-state index contributed by atoms with van der Waals surface area (Å²) >= 11 is 0. The van der Waals surface area contributed by atoms with Gasteiger partial charge in [-0.15, -0.1) is 5.10 Å². The first-order chi connectivity index (χ1) is 14.2. The highest BCUT2D eigenvalue weighted by Crippen LogP contribution is 2.31. The van der Waals surface area contributed by atoms with Crippen LogP contribution in [0.15, 0.2) is 30.5 Å². The maximum atomic E-state index is 12.6. The van der Waals surface area contributed by atoms with Crippen molar-refractivity contribution in [2.75, 3.05) is 26.2 Å². The minimum atomic E-state index is -0.314. The van der Waals surface area contributed by atoms with Crippen molar-refractivity contribution >= 4 is 11.9 Å². The highest BCUT2D eigenvalue weighted by Gasteiger charge is 2.37. The quantitative estimate of drug-likeness (QED) is 0.836. The smallest absolute Gasteiger partial charge is 0.320 e. The van der Waals surface area contributed by atoms with Gasteiger partial charge in [-0.25, -0.2) is 9.48 Å². The lowest BCUT2D eigenvalue weighted by atomic mass is 9.91. The summed E-state index contributed by atoms with van der Waals surface area (Å²) in [7, 11) is 0. The first-order valence-corrected chi connectivity index (χ1v) is 10.5. The van der Waals surface area contributed by atoms with Crippen molar-refractivity contribution in [3.05, 3.63) is 36.0 Å². The van der Waals surface area contributed by atoms with Gasteiger partial charge in [0.15, 0.2) is 0 Å². The van der Waals surface area contributed by atoms with Crippen molar-refractivity contribution in [3.63, 3.8) is 0 Å². The average molecular weight is 411 g/mol. The normalized spacial score (nSPS) is 19.8. The van der Waals surface area contributed by atoms with Gasteiger partial charge in [0.1, 0.15) is 0 Å². The van der Waals surface area contributed by atoms with E-state index in [9.17, 15) is 9.59 Å². The summed E-state index contributed by atoms with van der Waals surface area (Å²) in [5, 5.41) is 8.32. The van der Waals surface area contributed by atoms with Crippen molar-refractivity contribution in [2.24, 2.45) is 17.1 Å². The summed E-state index contributed by atoms with van der Waals surface area (Å²) in [6.07, 6.45) is 2.47. The molecule has 2 N–H and O–H groups in total. The third kappa shape index (κ3) is 4.17. The molecule has 0 aliphatic carbocycles. The van der Waals surface area contributed by atoms with E-state index in [0.29, 0.717) is 38.5 Å². The van der Waals surface area contributed by atoms with Crippen LogP contribution in [0.5, 0.6) is 0 Å². The van der Waals surface area contributed by atoms with Crippen LogP contribution < -0.4 is 5.73 Å². The molecule has 8 heteroatoms. The molecule has 2 aliphatic rings. The van der Waals surface area contributed by atoms with Gasteiger partial charge in [-0.05, 0) is 17.4 Å². The van der Waals surface area contributed by atoms with E-state index in [1.165, 1.54) is 5.56 Å². The molecule has 2 saturated heterocycles. The Labute approximate surface area is 177 Å². The van der Waals surface area contributed by atoms with Crippen molar-refractivity contribution < 1.29 is 9.59 Å². The Morgan fingerprint density at radius 1 is 1.10 bits per heavy atom. The van der Waals surface area contributed by atoms with E-state index < -0.39 is 0 Å². The van der Waals surface area contributed by atoms with Crippen LogP contribution in [0.4, 0.5) is 4.79 Å². The number of nitrogens with zero attached hydrogens (tertiary/aromatic N) is 5. The van der Waals surface area contributed by atoms with Gasteiger partial charge in [-0.3, -0.25) is 4.79 Å². The molecule has 2 aromatic rings. The highest BCUT2D eigenvalue weighted by atomic mass is 16.2. The molecule has 0 radical (unpaired) electrons. The molecule has 3 heterocycles. The Hall–Kier alpha value is -2.90. The molecule has 160 valence electrons. The van der Waals surface area contributed by atoms with E-state index in [1.54, 1.807) is 11.1 Å². The SMILES string of the molecule is CC(C)(C)Cn1nncc1-c1ccc(C2CN(C(=O)N3CC[C@H](C(N)=O)C3)C2)cc1. The summed E-state index contributed by atoms with van der Waals surface area (Å²) in [6, 6.07) is 8.50. The molecule has 1 atom stereocenters. The van der Waals surface area contributed by atoms with Crippen LogP contribution in [0.2, 0.25) is 0 Å². The van der Waals surface area contributed by atoms with Crippen LogP contribution in [0.3, 0.4) is 0 Å². The van der Waals surface area contributed by atoms with Crippen LogP contribution in [0, 0.1) is 11.3 Å². The molecule has 0 bridgehead atoms. The van der Waals surface area contributed by atoms with Gasteiger partial charge in [0.2, 0.25) is 5.91 Å². The number of carbonyl (C=O) groups excluding carboxylic acids is 2. The van der Waals surface area contributed by atoms with Gasteiger partial charge in [0.25, 0.3) is 0 Å². The zero-order chi connectivity index (χ0) is 21.5. The number of rotatable bonds is 4. The first kappa shape index (κ1) is 20.4. The summed E-state index contributed by atoms with van der Waals surface area (Å²) in [6.45, 7) is 9.82. The molecular formula is C22H30N6O2. The van der Waals surface area contributed by atoms with Crippen LogP contribution in [0.25, 0.3) is 11.3 Å². The average Bonchev–Trinajstić information content (AvgIpc) is 3.29. The van der Waals surface area contributed by atoms with Crippen molar-refractivity contribution in [1.29, 1.82) is 0 Å². The molecule has 2 aliphatic heterocycles. The number of benzene rings is 1. The maximum Gasteiger partial charge on any atom is 0.320 e. The maximum absolute atomic E-state index is 12.6. The van der Waals surface area contributed by atoms with Crippen LogP contribution in [-0.4, -0.2) is 62.9 Å². The molecule has 2 fully saturated rings. The van der Waals surface area contributed by atoms with Gasteiger partial charge >= 0.3 is 6.03 Å². The number of aromatic nitrogens is 3. The number of likely N-dealkylation sites (tertiary alicyclic amines) is 2. The van der Waals surface area contributed by atoms with E-state index in [4.69, 9.17) is 5.73 Å². The Morgan fingerprint density at radius 3 is 2.40 bits per heavy atom. The monoisotopic (exact) mass is 410 g/mol. The third-order valence-corrected chi connectivity index (χ3v) is 5.93. The molecule has 8 nitrogen and oxygen atoms in total. The molecule has 3 amide bonds. The van der Waals surface area contributed by atoms with Gasteiger partial charge in [0.05, 0.1) is 17.8 Å². The molecule has 0 spiro atoms. The minimum absolute atomic E-state index is 0.0174. The van der Waals surface area contributed by atoms with Gasteiger partial charge in [-0.2, -0.15) is 0 Å². The van der Waals surface area contributed by atoms with Crippen molar-refractivity contribution in [1.82, 2.24) is 24.8 Å². The lowest BCUT2D eigenvalue weighted by Crippen LogP contribution is -2.53. The first-order valence-electron chi connectivity index (χ1n) is 10.5. The summed E-state index contributed by atoms with van der Waals surface area (Å²) < 4.78 is 1.95. The number of nitrogens with two attached hydrogens (primary N) is 1.